The van der Waals surface area contributed by atoms with Crippen molar-refractivity contribution in [3.63, 3.8) is 0 Å². The Morgan fingerprint density at radius 3 is 2.73 bits per heavy atom. The average molecular weight is 243 g/mol. The molecule has 1 N–H and O–H groups in total. The Morgan fingerprint density at radius 2 is 2.00 bits per heavy atom. The van der Waals surface area contributed by atoms with Crippen LogP contribution in [0, 0.1) is 0 Å². The van der Waals surface area contributed by atoms with Crippen LogP contribution in [0.5, 0.6) is 0 Å². The van der Waals surface area contributed by atoms with Crippen molar-refractivity contribution in [2.75, 3.05) is 5.32 Å². The molecule has 78 valence electrons. The summed E-state index contributed by atoms with van der Waals surface area (Å²) >= 11 is 11.7. The van der Waals surface area contributed by atoms with Crippen LogP contribution >= 0.6 is 23.2 Å². The van der Waals surface area contributed by atoms with Crippen LogP contribution in [0.2, 0.25) is 10.0 Å². The first-order valence-electron chi connectivity index (χ1n) is 4.39. The molecule has 0 spiro atoms. The standard InChI is InChI=1S/C10H8Cl2N2O/c1-5-2-10(15)14-9-4-7(12)6(11)3-8(9)13-5/h3-4H,2H2,1H3,(H,14,15). The van der Waals surface area contributed by atoms with Crippen molar-refractivity contribution < 1.29 is 4.79 Å². The molecule has 0 aliphatic carbocycles. The fourth-order valence-corrected chi connectivity index (χ4v) is 1.72. The fourth-order valence-electron chi connectivity index (χ4n) is 1.40. The second-order valence-electron chi connectivity index (χ2n) is 3.36. The Bertz CT molecular complexity index is 469. The Balaban J connectivity index is 2.58. The summed E-state index contributed by atoms with van der Waals surface area (Å²) in [6.45, 7) is 1.80. The van der Waals surface area contributed by atoms with E-state index in [1.165, 1.54) is 0 Å². The summed E-state index contributed by atoms with van der Waals surface area (Å²) in [5, 5.41) is 3.57. The number of hydrogen-bond donors (Lipinski definition) is 1. The lowest BCUT2D eigenvalue weighted by molar-refractivity contribution is -0.115. The van der Waals surface area contributed by atoms with Crippen molar-refractivity contribution >= 4 is 46.2 Å². The van der Waals surface area contributed by atoms with E-state index in [1.807, 2.05) is 0 Å². The van der Waals surface area contributed by atoms with Crippen molar-refractivity contribution in [1.29, 1.82) is 0 Å². The minimum atomic E-state index is -0.0895. The molecule has 0 radical (unpaired) electrons. The molecule has 0 aromatic heterocycles. The number of nitrogens with one attached hydrogen (secondary N) is 1. The van der Waals surface area contributed by atoms with Crippen LogP contribution < -0.4 is 5.32 Å². The normalized spacial score (nSPS) is 15.1. The lowest BCUT2D eigenvalue weighted by Crippen LogP contribution is -2.12. The van der Waals surface area contributed by atoms with Crippen molar-refractivity contribution in [1.82, 2.24) is 0 Å². The van der Waals surface area contributed by atoms with E-state index in [1.54, 1.807) is 19.1 Å². The summed E-state index contributed by atoms with van der Waals surface area (Å²) < 4.78 is 0. The molecule has 0 bridgehead atoms. The van der Waals surface area contributed by atoms with Crippen LogP contribution in [0.1, 0.15) is 13.3 Å². The Labute approximate surface area is 97.1 Å². The van der Waals surface area contributed by atoms with E-state index in [0.29, 0.717) is 27.8 Å². The molecular weight excluding hydrogens is 235 g/mol. The summed E-state index contributed by atoms with van der Waals surface area (Å²) in [6, 6.07) is 3.26. The van der Waals surface area contributed by atoms with Crippen molar-refractivity contribution in [3.05, 3.63) is 22.2 Å². The molecule has 1 heterocycles. The highest BCUT2D eigenvalue weighted by atomic mass is 35.5. The van der Waals surface area contributed by atoms with Gasteiger partial charge in [0.25, 0.3) is 0 Å². The lowest BCUT2D eigenvalue weighted by Gasteiger charge is -2.05. The van der Waals surface area contributed by atoms with Crippen LogP contribution in [0.4, 0.5) is 11.4 Å². The van der Waals surface area contributed by atoms with Crippen LogP contribution in [0.15, 0.2) is 17.1 Å². The highest BCUT2D eigenvalue weighted by Crippen LogP contribution is 2.35. The molecule has 1 amide bonds. The average Bonchev–Trinajstić information content (AvgIpc) is 2.24. The van der Waals surface area contributed by atoms with E-state index in [0.717, 1.165) is 5.71 Å². The Kier molecular flexibility index (Phi) is 2.67. The summed E-state index contributed by atoms with van der Waals surface area (Å²) in [6.07, 6.45) is 0.296. The second-order valence-corrected chi connectivity index (χ2v) is 4.17. The highest BCUT2D eigenvalue weighted by molar-refractivity contribution is 6.42. The third kappa shape index (κ3) is 2.13. The molecule has 0 atom stereocenters. The summed E-state index contributed by atoms with van der Waals surface area (Å²) in [4.78, 5) is 15.7. The van der Waals surface area contributed by atoms with Crippen LogP contribution in [-0.2, 0) is 4.79 Å². The van der Waals surface area contributed by atoms with Gasteiger partial charge in [-0.05, 0) is 19.1 Å². The first-order valence-corrected chi connectivity index (χ1v) is 5.15. The number of hydrogen-bond acceptors (Lipinski definition) is 2. The van der Waals surface area contributed by atoms with Gasteiger partial charge < -0.3 is 5.32 Å². The predicted octanol–water partition coefficient (Wildman–Crippen LogP) is 3.43. The van der Waals surface area contributed by atoms with Gasteiger partial charge in [-0.3, -0.25) is 9.79 Å². The number of fused-ring (bicyclic) bond motifs is 1. The molecule has 2 rings (SSSR count). The number of carbonyl (C=O) groups excluding carboxylic acids is 1. The SMILES string of the molecule is CC1=Nc2cc(Cl)c(Cl)cc2NC(=O)C1. The zero-order valence-electron chi connectivity index (χ0n) is 7.97. The van der Waals surface area contributed by atoms with Gasteiger partial charge in [0.2, 0.25) is 5.91 Å². The summed E-state index contributed by atoms with van der Waals surface area (Å²) in [7, 11) is 0. The van der Waals surface area contributed by atoms with E-state index in [9.17, 15) is 4.79 Å². The van der Waals surface area contributed by atoms with Gasteiger partial charge >= 0.3 is 0 Å². The van der Waals surface area contributed by atoms with Gasteiger partial charge in [-0.15, -0.1) is 0 Å². The molecular formula is C10H8Cl2N2O. The largest absolute Gasteiger partial charge is 0.324 e. The molecule has 0 saturated heterocycles. The maximum Gasteiger partial charge on any atom is 0.230 e. The number of nitrogens with zero attached hydrogens (tertiary/aromatic N) is 1. The number of aliphatic imine (C=N–C) groups is 1. The topological polar surface area (TPSA) is 41.5 Å². The van der Waals surface area contributed by atoms with Crippen LogP contribution in [0.25, 0.3) is 0 Å². The molecule has 1 aromatic rings. The molecule has 1 aromatic carbocycles. The molecule has 0 unspecified atom stereocenters. The molecule has 1 aliphatic heterocycles. The summed E-state index contributed by atoms with van der Waals surface area (Å²) in [5.41, 5.74) is 2.00. The first kappa shape index (κ1) is 10.5. The van der Waals surface area contributed by atoms with Crippen LogP contribution in [-0.4, -0.2) is 11.6 Å². The van der Waals surface area contributed by atoms with Gasteiger partial charge in [0, 0.05) is 5.71 Å². The minimum absolute atomic E-state index is 0.0895. The van der Waals surface area contributed by atoms with Crippen LogP contribution in [0.3, 0.4) is 0 Å². The van der Waals surface area contributed by atoms with Gasteiger partial charge in [-0.2, -0.15) is 0 Å². The van der Waals surface area contributed by atoms with Gasteiger partial charge in [-0.25, -0.2) is 0 Å². The van der Waals surface area contributed by atoms with Gasteiger partial charge in [-0.1, -0.05) is 23.2 Å². The Hall–Kier alpha value is -1.06. The van der Waals surface area contributed by atoms with E-state index < -0.39 is 0 Å². The van der Waals surface area contributed by atoms with Crippen molar-refractivity contribution in [3.8, 4) is 0 Å². The zero-order chi connectivity index (χ0) is 11.0. The molecule has 0 saturated carbocycles. The molecule has 0 fully saturated rings. The number of carbonyl (C=O) groups is 1. The van der Waals surface area contributed by atoms with Gasteiger partial charge in [0.15, 0.2) is 0 Å². The molecule has 5 heteroatoms. The van der Waals surface area contributed by atoms with Gasteiger partial charge in [0.05, 0.1) is 27.8 Å². The maximum atomic E-state index is 11.4. The number of rotatable bonds is 0. The summed E-state index contributed by atoms with van der Waals surface area (Å²) in [5.74, 6) is -0.0895. The molecule has 15 heavy (non-hydrogen) atoms. The van der Waals surface area contributed by atoms with E-state index >= 15 is 0 Å². The minimum Gasteiger partial charge on any atom is -0.324 e. The molecule has 3 nitrogen and oxygen atoms in total. The first-order chi connectivity index (χ1) is 7.06. The lowest BCUT2D eigenvalue weighted by atomic mass is 10.2. The van der Waals surface area contributed by atoms with Crippen molar-refractivity contribution in [2.24, 2.45) is 4.99 Å². The molecule has 1 aliphatic rings. The highest BCUT2D eigenvalue weighted by Gasteiger charge is 2.14. The number of halogens is 2. The fraction of sp³-hybridized carbons (Fsp3) is 0.200. The van der Waals surface area contributed by atoms with E-state index in [-0.39, 0.29) is 5.91 Å². The predicted molar refractivity (Wildman–Crippen MR) is 62.5 cm³/mol. The third-order valence-electron chi connectivity index (χ3n) is 2.04. The van der Waals surface area contributed by atoms with Gasteiger partial charge in [0.1, 0.15) is 0 Å². The monoisotopic (exact) mass is 242 g/mol. The maximum absolute atomic E-state index is 11.4. The number of amides is 1. The van der Waals surface area contributed by atoms with Crippen molar-refractivity contribution in [2.45, 2.75) is 13.3 Å². The number of benzene rings is 1. The quantitative estimate of drug-likeness (QED) is 0.745. The van der Waals surface area contributed by atoms with E-state index in [2.05, 4.69) is 10.3 Å². The second kappa shape index (κ2) is 3.83. The third-order valence-corrected chi connectivity index (χ3v) is 2.76. The smallest absolute Gasteiger partial charge is 0.230 e. The Morgan fingerprint density at radius 1 is 1.33 bits per heavy atom. The number of anilines is 1. The van der Waals surface area contributed by atoms with E-state index in [4.69, 9.17) is 23.2 Å². The zero-order valence-corrected chi connectivity index (χ0v) is 9.49.